The highest BCUT2D eigenvalue weighted by molar-refractivity contribution is 5.79. The molecule has 0 radical (unpaired) electrons. The van der Waals surface area contributed by atoms with Crippen molar-refractivity contribution in [3.8, 4) is 0 Å². The van der Waals surface area contributed by atoms with Crippen LogP contribution in [0.2, 0.25) is 0 Å². The van der Waals surface area contributed by atoms with Crippen molar-refractivity contribution in [2.45, 2.75) is 20.8 Å². The predicted molar refractivity (Wildman–Crippen MR) is 118 cm³/mol. The lowest BCUT2D eigenvalue weighted by Gasteiger charge is -2.37. The number of hydrogen-bond acceptors (Lipinski definition) is 5. The Morgan fingerprint density at radius 3 is 1.87 bits per heavy atom. The van der Waals surface area contributed by atoms with E-state index in [1.54, 1.807) is 48.5 Å². The highest BCUT2D eigenvalue weighted by Gasteiger charge is 2.19. The van der Waals surface area contributed by atoms with Gasteiger partial charge in [-0.15, -0.1) is 0 Å². The molecule has 0 saturated carbocycles. The van der Waals surface area contributed by atoms with Crippen LogP contribution in [0, 0.1) is 0 Å². The number of hydrogen-bond donors (Lipinski definition) is 1. The van der Waals surface area contributed by atoms with E-state index >= 15 is 0 Å². The molecule has 0 aliphatic rings. The van der Waals surface area contributed by atoms with E-state index in [1.807, 2.05) is 0 Å². The molecule has 2 rings (SSSR count). The van der Waals surface area contributed by atoms with Gasteiger partial charge in [-0.25, -0.2) is 10.1 Å². The molecule has 30 heavy (non-hydrogen) atoms. The monoisotopic (exact) mass is 408 g/mol. The molecule has 0 atom stereocenters. The summed E-state index contributed by atoms with van der Waals surface area (Å²) < 4.78 is 0.743. The van der Waals surface area contributed by atoms with Crippen LogP contribution >= 0.6 is 0 Å². The number of carbonyl (C=O) groups excluding carboxylic acids is 1. The Labute approximate surface area is 178 Å². The molecule has 1 amide bonds. The number of nitrogens with two attached hydrogens (primary N) is 1. The number of carbonyl (C=O) groups is 1. The predicted octanol–water partition coefficient (Wildman–Crippen LogP) is 3.28. The van der Waals surface area contributed by atoms with E-state index in [4.69, 9.17) is 0 Å². The third kappa shape index (κ3) is 6.72. The van der Waals surface area contributed by atoms with Crippen LogP contribution in [0.3, 0.4) is 0 Å². The summed E-state index contributed by atoms with van der Waals surface area (Å²) in [6.07, 6.45) is 1.27. The summed E-state index contributed by atoms with van der Waals surface area (Å²) in [5.41, 5.74) is 2.74. The fraction of sp³-hybridized carbons (Fsp3) is 0.304. The zero-order valence-corrected chi connectivity index (χ0v) is 17.9. The molecule has 158 valence electrons. The van der Waals surface area contributed by atoms with Crippen LogP contribution in [-0.2, 0) is 4.79 Å². The van der Waals surface area contributed by atoms with Crippen LogP contribution in [0.5, 0.6) is 0 Å². The van der Waals surface area contributed by atoms with Crippen molar-refractivity contribution in [1.82, 2.24) is 0 Å². The number of benzene rings is 2. The molecule has 0 aliphatic carbocycles. The second-order valence-electron chi connectivity index (χ2n) is 7.01. The number of primary amides is 1. The smallest absolute Gasteiger partial charge is 0.339 e. The van der Waals surface area contributed by atoms with Crippen molar-refractivity contribution in [2.24, 2.45) is 15.2 Å². The number of nitrogens with zero attached hydrogens (tertiary/aromatic N) is 4. The maximum atomic E-state index is 12.4. The average Bonchev–Trinajstić information content (AvgIpc) is 2.78. The van der Waals surface area contributed by atoms with E-state index in [0.717, 1.165) is 29.8 Å². The first-order valence-electron chi connectivity index (χ1n) is 10.2. The first-order chi connectivity index (χ1) is 14.4. The maximum absolute atomic E-state index is 12.4. The normalized spacial score (nSPS) is 12.3. The Morgan fingerprint density at radius 2 is 1.40 bits per heavy atom. The van der Waals surface area contributed by atoms with E-state index in [1.165, 1.54) is 11.4 Å². The van der Waals surface area contributed by atoms with Gasteiger partial charge in [0.05, 0.1) is 36.7 Å². The first-order valence-corrected chi connectivity index (χ1v) is 10.2. The van der Waals surface area contributed by atoms with Crippen molar-refractivity contribution in [3.63, 3.8) is 0 Å². The summed E-state index contributed by atoms with van der Waals surface area (Å²) >= 11 is 0. The zero-order valence-electron chi connectivity index (χ0n) is 17.9. The molecule has 0 unspecified atom stereocenters. The lowest BCUT2D eigenvalue weighted by Crippen LogP contribution is -2.81. The molecule has 0 spiro atoms. The van der Waals surface area contributed by atoms with Crippen molar-refractivity contribution in [3.05, 3.63) is 61.2 Å². The van der Waals surface area contributed by atoms with Gasteiger partial charge in [-0.3, -0.25) is 4.99 Å². The molecule has 2 N–H and O–H groups in total. The van der Waals surface area contributed by atoms with E-state index in [2.05, 4.69) is 42.6 Å². The summed E-state index contributed by atoms with van der Waals surface area (Å²) in [4.78, 5) is 15.6. The van der Waals surface area contributed by atoms with E-state index in [9.17, 15) is 9.90 Å². The van der Waals surface area contributed by atoms with Crippen LogP contribution in [0.25, 0.3) is 0 Å². The second kappa shape index (κ2) is 11.1. The standard InChI is InChI=1S/C23H29N5O2/c1-5-22(29)24-18-9-13-20(14-10-18)26-27-21-15-11-19(12-16-21)25-23(30)17-28(6-2,7-3)8-4/h5,9-16H,1,6-8,17H2,2-4H3,(H-,24,25,26,27,29,30)/p+1. The summed E-state index contributed by atoms with van der Waals surface area (Å²) in [5, 5.41) is 22.3. The van der Waals surface area contributed by atoms with Gasteiger partial charge >= 0.3 is 5.91 Å². The summed E-state index contributed by atoms with van der Waals surface area (Å²) in [7, 11) is 0. The van der Waals surface area contributed by atoms with Gasteiger partial charge in [0.1, 0.15) is 12.2 Å². The number of rotatable bonds is 10. The molecule has 2 aromatic carbocycles. The maximum Gasteiger partial charge on any atom is 0.339 e. The fourth-order valence-corrected chi connectivity index (χ4v) is 3.04. The van der Waals surface area contributed by atoms with E-state index < -0.39 is 0 Å². The minimum absolute atomic E-state index is 0.109. The zero-order chi connectivity index (χ0) is 22.0. The molecule has 7 nitrogen and oxygen atoms in total. The quantitative estimate of drug-likeness (QED) is 0.163. The van der Waals surface area contributed by atoms with Crippen LogP contribution in [-0.4, -0.2) is 42.5 Å². The van der Waals surface area contributed by atoms with Gasteiger partial charge in [0.15, 0.2) is 0 Å². The van der Waals surface area contributed by atoms with Gasteiger partial charge in [-0.05, 0) is 57.2 Å². The van der Waals surface area contributed by atoms with Gasteiger partial charge < -0.3 is 9.59 Å². The fourth-order valence-electron chi connectivity index (χ4n) is 3.04. The van der Waals surface area contributed by atoms with Gasteiger partial charge in [0.25, 0.3) is 0 Å². The molecule has 0 bridgehead atoms. The number of azo groups is 1. The highest BCUT2D eigenvalue weighted by atomic mass is 16.3. The molecule has 2 aromatic rings. The van der Waals surface area contributed by atoms with E-state index in [-0.39, 0.29) is 11.8 Å². The van der Waals surface area contributed by atoms with Crippen molar-refractivity contribution in [1.29, 1.82) is 0 Å². The van der Waals surface area contributed by atoms with Crippen molar-refractivity contribution >= 4 is 34.6 Å². The summed E-state index contributed by atoms with van der Waals surface area (Å²) in [6, 6.07) is 14.3. The molecule has 0 aromatic heterocycles. The molecule has 0 heterocycles. The van der Waals surface area contributed by atoms with Gasteiger partial charge in [0, 0.05) is 24.1 Å². The van der Waals surface area contributed by atoms with Crippen LogP contribution in [0.1, 0.15) is 20.8 Å². The van der Waals surface area contributed by atoms with Crippen LogP contribution < -0.4 is 10.4 Å². The van der Waals surface area contributed by atoms with Gasteiger partial charge in [-0.1, -0.05) is 6.58 Å². The number of aliphatic imine (C=N–C) groups is 1. The molecule has 7 heteroatoms. The minimum atomic E-state index is -0.142. The molecular weight excluding hydrogens is 378 g/mol. The second-order valence-corrected chi connectivity index (χ2v) is 7.01. The Morgan fingerprint density at radius 1 is 0.933 bits per heavy atom. The van der Waals surface area contributed by atoms with Crippen molar-refractivity contribution in [2.75, 3.05) is 26.2 Å². The van der Waals surface area contributed by atoms with Gasteiger partial charge in [-0.2, -0.15) is 10.2 Å². The van der Waals surface area contributed by atoms with Crippen LogP contribution in [0.4, 0.5) is 22.7 Å². The molecule has 0 aliphatic heterocycles. The number of amides is 1. The minimum Gasteiger partial charge on any atom is -0.858 e. The average molecular weight is 409 g/mol. The molecule has 0 fully saturated rings. The first kappa shape index (κ1) is 23.1. The third-order valence-corrected chi connectivity index (χ3v) is 5.27. The number of likely N-dealkylation sites (N-methyl/N-ethyl adjacent to an activating group) is 1. The largest absolute Gasteiger partial charge is 0.858 e. The van der Waals surface area contributed by atoms with Crippen LogP contribution in [0.15, 0.2) is 76.4 Å². The Bertz CT molecular complexity index is 890. The Kier molecular flexibility index (Phi) is 8.58. The Balaban J connectivity index is 2.01. The molecular formula is C23H30N5O2+. The molecule has 0 saturated heterocycles. The summed E-state index contributed by atoms with van der Waals surface area (Å²) in [6.45, 7) is 12.9. The third-order valence-electron chi connectivity index (χ3n) is 5.27. The van der Waals surface area contributed by atoms with E-state index in [0.29, 0.717) is 23.6 Å². The number of quaternary nitrogens is 2. The SMILES string of the molecule is C=CC(=O)[NH2+]c1ccc(N=Nc2ccc(N=C([O-])C[N+](CC)(CC)CC)cc2)cc1. The lowest BCUT2D eigenvalue weighted by atomic mass is 10.3. The van der Waals surface area contributed by atoms with Crippen molar-refractivity contribution < 1.29 is 19.7 Å². The highest BCUT2D eigenvalue weighted by Crippen LogP contribution is 2.22. The lowest BCUT2D eigenvalue weighted by molar-refractivity contribution is -0.916. The Hall–Kier alpha value is -3.16. The summed E-state index contributed by atoms with van der Waals surface area (Å²) in [5.74, 6) is -0.251. The topological polar surface area (TPSA) is 93.8 Å². The van der Waals surface area contributed by atoms with Gasteiger partial charge in [0.2, 0.25) is 0 Å².